The van der Waals surface area contributed by atoms with Crippen LogP contribution in [-0.4, -0.2) is 29.7 Å². The number of urea groups is 1. The Morgan fingerprint density at radius 3 is 2.47 bits per heavy atom. The van der Waals surface area contributed by atoms with E-state index in [1.165, 1.54) is 19.3 Å². The molecule has 0 heterocycles. The minimum Gasteiger partial charge on any atom is -0.481 e. The summed E-state index contributed by atoms with van der Waals surface area (Å²) in [5.41, 5.74) is 0. The molecule has 0 aliphatic heterocycles. The van der Waals surface area contributed by atoms with Crippen molar-refractivity contribution in [2.75, 3.05) is 6.54 Å². The maximum absolute atomic E-state index is 11.8. The fraction of sp³-hybridized carbons (Fsp3) is 0.857. The number of carbonyl (C=O) groups excluding carboxylic acids is 1. The van der Waals surface area contributed by atoms with Crippen LogP contribution in [0.25, 0.3) is 0 Å². The molecule has 0 aromatic heterocycles. The molecule has 0 saturated heterocycles. The van der Waals surface area contributed by atoms with Crippen LogP contribution in [0, 0.1) is 17.8 Å². The molecule has 0 radical (unpaired) electrons. The predicted molar refractivity (Wildman–Crippen MR) is 73.9 cm³/mol. The highest BCUT2D eigenvalue weighted by Crippen LogP contribution is 2.29. The van der Waals surface area contributed by atoms with E-state index in [2.05, 4.69) is 17.6 Å². The van der Waals surface area contributed by atoms with Crippen LogP contribution >= 0.6 is 0 Å². The highest BCUT2D eigenvalue weighted by Gasteiger charge is 2.23. The molecular weight excluding hydrogens is 244 g/mol. The number of carbonyl (C=O) groups is 2. The molecule has 5 heteroatoms. The second-order valence-corrected chi connectivity index (χ2v) is 6.09. The van der Waals surface area contributed by atoms with Gasteiger partial charge in [0.2, 0.25) is 0 Å². The van der Waals surface area contributed by atoms with Crippen molar-refractivity contribution in [3.8, 4) is 0 Å². The predicted octanol–water partition coefficient (Wildman–Crippen LogP) is 2.22. The molecule has 1 rings (SSSR count). The number of carboxylic acids is 1. The van der Waals surface area contributed by atoms with E-state index in [1.807, 2.05) is 13.8 Å². The van der Waals surface area contributed by atoms with Gasteiger partial charge in [0.15, 0.2) is 0 Å². The Morgan fingerprint density at radius 2 is 2.00 bits per heavy atom. The van der Waals surface area contributed by atoms with E-state index >= 15 is 0 Å². The van der Waals surface area contributed by atoms with Gasteiger partial charge in [0, 0.05) is 12.6 Å². The normalized spacial score (nSPS) is 24.2. The Hall–Kier alpha value is -1.26. The van der Waals surface area contributed by atoms with Gasteiger partial charge in [0.05, 0.1) is 6.42 Å². The molecule has 3 atom stereocenters. The summed E-state index contributed by atoms with van der Waals surface area (Å²) in [6.45, 7) is 6.74. The minimum absolute atomic E-state index is 0.0362. The minimum atomic E-state index is -0.886. The third kappa shape index (κ3) is 5.94. The van der Waals surface area contributed by atoms with Gasteiger partial charge in [-0.25, -0.2) is 4.79 Å². The molecule has 0 aromatic carbocycles. The first kappa shape index (κ1) is 15.8. The Balaban J connectivity index is 2.30. The van der Waals surface area contributed by atoms with E-state index in [1.54, 1.807) is 0 Å². The van der Waals surface area contributed by atoms with Gasteiger partial charge in [-0.1, -0.05) is 27.2 Å². The molecule has 0 spiro atoms. The number of nitrogens with one attached hydrogen (secondary N) is 2. The largest absolute Gasteiger partial charge is 0.481 e. The van der Waals surface area contributed by atoms with E-state index in [4.69, 9.17) is 5.11 Å². The summed E-state index contributed by atoms with van der Waals surface area (Å²) in [6.07, 6.45) is 3.54. The lowest BCUT2D eigenvalue weighted by atomic mass is 10.0. The third-order valence-corrected chi connectivity index (χ3v) is 3.87. The maximum atomic E-state index is 11.8. The maximum Gasteiger partial charge on any atom is 0.315 e. The van der Waals surface area contributed by atoms with Gasteiger partial charge in [0.1, 0.15) is 0 Å². The van der Waals surface area contributed by atoms with Crippen LogP contribution in [0.4, 0.5) is 4.79 Å². The van der Waals surface area contributed by atoms with Crippen molar-refractivity contribution in [1.29, 1.82) is 0 Å². The first-order chi connectivity index (χ1) is 8.88. The van der Waals surface area contributed by atoms with Crippen molar-refractivity contribution in [2.45, 2.75) is 52.5 Å². The van der Waals surface area contributed by atoms with Crippen molar-refractivity contribution in [3.63, 3.8) is 0 Å². The molecule has 1 aliphatic rings. The van der Waals surface area contributed by atoms with Crippen LogP contribution < -0.4 is 10.6 Å². The second-order valence-electron chi connectivity index (χ2n) is 6.09. The molecule has 19 heavy (non-hydrogen) atoms. The summed E-state index contributed by atoms with van der Waals surface area (Å²) in [7, 11) is 0. The van der Waals surface area contributed by atoms with Crippen LogP contribution in [0.15, 0.2) is 0 Å². The summed E-state index contributed by atoms with van der Waals surface area (Å²) in [4.78, 5) is 22.5. The number of amides is 2. The first-order valence-electron chi connectivity index (χ1n) is 7.14. The average Bonchev–Trinajstić information content (AvgIpc) is 2.71. The zero-order valence-electron chi connectivity index (χ0n) is 12.1. The fourth-order valence-electron chi connectivity index (χ4n) is 2.61. The monoisotopic (exact) mass is 270 g/mol. The van der Waals surface area contributed by atoms with Crippen LogP contribution in [0.3, 0.4) is 0 Å². The average molecular weight is 270 g/mol. The molecule has 3 N–H and O–H groups in total. The molecule has 0 aromatic rings. The van der Waals surface area contributed by atoms with Gasteiger partial charge in [-0.15, -0.1) is 0 Å². The van der Waals surface area contributed by atoms with E-state index < -0.39 is 5.97 Å². The number of aliphatic carboxylic acids is 1. The van der Waals surface area contributed by atoms with Gasteiger partial charge in [-0.2, -0.15) is 0 Å². The highest BCUT2D eigenvalue weighted by atomic mass is 16.4. The zero-order valence-corrected chi connectivity index (χ0v) is 12.1. The van der Waals surface area contributed by atoms with Crippen molar-refractivity contribution in [3.05, 3.63) is 0 Å². The van der Waals surface area contributed by atoms with E-state index in [9.17, 15) is 9.59 Å². The van der Waals surface area contributed by atoms with Gasteiger partial charge >= 0.3 is 12.0 Å². The summed E-state index contributed by atoms with van der Waals surface area (Å²) < 4.78 is 0. The number of hydrogen-bond acceptors (Lipinski definition) is 2. The fourth-order valence-corrected chi connectivity index (χ4v) is 2.61. The smallest absolute Gasteiger partial charge is 0.315 e. The van der Waals surface area contributed by atoms with Crippen molar-refractivity contribution in [2.24, 2.45) is 17.8 Å². The van der Waals surface area contributed by atoms with E-state index in [0.29, 0.717) is 12.5 Å². The number of rotatable bonds is 6. The molecule has 110 valence electrons. The summed E-state index contributed by atoms with van der Waals surface area (Å²) in [5, 5.41) is 14.4. The molecule has 1 saturated carbocycles. The van der Waals surface area contributed by atoms with E-state index in [0.717, 1.165) is 5.92 Å². The topological polar surface area (TPSA) is 78.4 Å². The lowest BCUT2D eigenvalue weighted by molar-refractivity contribution is -0.137. The Morgan fingerprint density at radius 1 is 1.32 bits per heavy atom. The number of carboxylic acid groups (broad SMARTS) is 1. The Labute approximate surface area is 115 Å². The molecule has 3 unspecified atom stereocenters. The number of hydrogen-bond donors (Lipinski definition) is 3. The molecular formula is C14H26N2O3. The molecule has 5 nitrogen and oxygen atoms in total. The van der Waals surface area contributed by atoms with Crippen molar-refractivity contribution < 1.29 is 14.7 Å². The van der Waals surface area contributed by atoms with Gasteiger partial charge < -0.3 is 15.7 Å². The molecule has 1 fully saturated rings. The summed E-state index contributed by atoms with van der Waals surface area (Å²) in [5.74, 6) is 0.542. The van der Waals surface area contributed by atoms with Gasteiger partial charge in [0.25, 0.3) is 0 Å². The quantitative estimate of drug-likeness (QED) is 0.692. The van der Waals surface area contributed by atoms with Crippen molar-refractivity contribution >= 4 is 12.0 Å². The van der Waals surface area contributed by atoms with Crippen molar-refractivity contribution in [1.82, 2.24) is 10.6 Å². The standard InChI is InChI=1S/C14H26N2O3/c1-9(2)12(7-13(17)18)16-14(19)15-8-11-5-4-10(3)6-11/h9-12H,4-8H2,1-3H3,(H,17,18)(H2,15,16,19). The third-order valence-electron chi connectivity index (χ3n) is 3.87. The first-order valence-corrected chi connectivity index (χ1v) is 7.14. The summed E-state index contributed by atoms with van der Waals surface area (Å²) >= 11 is 0. The van der Waals surface area contributed by atoms with E-state index in [-0.39, 0.29) is 24.4 Å². The van der Waals surface area contributed by atoms with Crippen LogP contribution in [0.1, 0.15) is 46.5 Å². The second kappa shape index (κ2) is 7.36. The van der Waals surface area contributed by atoms with Crippen LogP contribution in [-0.2, 0) is 4.79 Å². The zero-order chi connectivity index (χ0) is 14.4. The Kier molecular flexibility index (Phi) is 6.12. The van der Waals surface area contributed by atoms with Gasteiger partial charge in [-0.05, 0) is 30.6 Å². The van der Waals surface area contributed by atoms with Gasteiger partial charge in [-0.3, -0.25) is 4.79 Å². The van der Waals surface area contributed by atoms with Crippen LogP contribution in [0.2, 0.25) is 0 Å². The summed E-state index contributed by atoms with van der Waals surface area (Å²) in [6, 6.07) is -0.570. The Bertz CT molecular complexity index is 318. The lowest BCUT2D eigenvalue weighted by Crippen LogP contribution is -2.46. The van der Waals surface area contributed by atoms with Crippen LogP contribution in [0.5, 0.6) is 0 Å². The molecule has 0 bridgehead atoms. The SMILES string of the molecule is CC1CCC(CNC(=O)NC(CC(=O)O)C(C)C)C1. The lowest BCUT2D eigenvalue weighted by Gasteiger charge is -2.21. The molecule has 2 amide bonds. The molecule has 1 aliphatic carbocycles. The highest BCUT2D eigenvalue weighted by molar-refractivity contribution is 5.75.